The molecule has 0 aliphatic carbocycles. The average Bonchev–Trinajstić information content (AvgIpc) is 2.89. The van der Waals surface area contributed by atoms with Crippen LogP contribution < -0.4 is 5.56 Å². The Morgan fingerprint density at radius 1 is 1.19 bits per heavy atom. The Hall–Kier alpha value is -2.66. The molecule has 1 aliphatic heterocycles. The molecule has 7 nitrogen and oxygen atoms in total. The molecule has 4 rings (SSSR count). The Morgan fingerprint density at radius 2 is 2.08 bits per heavy atom. The third kappa shape index (κ3) is 3.10. The maximum absolute atomic E-state index is 12.7. The number of thioether (sulfide) groups is 1. The minimum atomic E-state index is -0.173. The van der Waals surface area contributed by atoms with Crippen LogP contribution in [0.2, 0.25) is 0 Å². The first kappa shape index (κ1) is 16.8. The van der Waals surface area contributed by atoms with Crippen molar-refractivity contribution < 1.29 is 0 Å². The van der Waals surface area contributed by atoms with Gasteiger partial charge in [-0.15, -0.1) is 10.2 Å². The summed E-state index contributed by atoms with van der Waals surface area (Å²) in [6.45, 7) is 0.922. The monoisotopic (exact) mass is 366 g/mol. The van der Waals surface area contributed by atoms with Crippen LogP contribution in [0.3, 0.4) is 0 Å². The number of hydrogen-bond acceptors (Lipinski definition) is 6. The third-order valence-electron chi connectivity index (χ3n) is 4.58. The van der Waals surface area contributed by atoms with E-state index in [0.29, 0.717) is 22.5 Å². The second kappa shape index (κ2) is 7.30. The molecule has 3 heterocycles. The fourth-order valence-corrected chi connectivity index (χ4v) is 4.18. The van der Waals surface area contributed by atoms with Gasteiger partial charge >= 0.3 is 0 Å². The summed E-state index contributed by atoms with van der Waals surface area (Å²) in [4.78, 5) is 17.3. The van der Waals surface area contributed by atoms with Crippen molar-refractivity contribution in [3.8, 4) is 6.07 Å². The van der Waals surface area contributed by atoms with Crippen LogP contribution in [0.25, 0.3) is 10.9 Å². The van der Waals surface area contributed by atoms with E-state index in [1.54, 1.807) is 6.07 Å². The lowest BCUT2D eigenvalue weighted by molar-refractivity contribution is 0.590. The zero-order valence-electron chi connectivity index (χ0n) is 14.3. The van der Waals surface area contributed by atoms with Gasteiger partial charge in [0.1, 0.15) is 18.2 Å². The van der Waals surface area contributed by atoms with E-state index in [-0.39, 0.29) is 12.1 Å². The Labute approximate surface area is 154 Å². The lowest BCUT2D eigenvalue weighted by Gasteiger charge is -2.11. The van der Waals surface area contributed by atoms with Gasteiger partial charge in [-0.25, -0.2) is 4.98 Å². The number of benzene rings is 1. The van der Waals surface area contributed by atoms with Gasteiger partial charge in [-0.2, -0.15) is 5.26 Å². The van der Waals surface area contributed by atoms with Crippen molar-refractivity contribution in [2.24, 2.45) is 0 Å². The molecule has 1 aromatic carbocycles. The molecule has 0 radical (unpaired) electrons. The highest BCUT2D eigenvalue weighted by atomic mass is 32.2. The average molecular weight is 366 g/mol. The van der Waals surface area contributed by atoms with E-state index in [1.807, 2.05) is 18.2 Å². The number of para-hydroxylation sites is 1. The maximum atomic E-state index is 12.7. The normalized spacial score (nSPS) is 14.0. The summed E-state index contributed by atoms with van der Waals surface area (Å²) in [6.07, 6.45) is 4.45. The van der Waals surface area contributed by atoms with Crippen molar-refractivity contribution in [2.75, 3.05) is 0 Å². The predicted octanol–water partition coefficient (Wildman–Crippen LogP) is 2.53. The molecule has 0 amide bonds. The Kier molecular flexibility index (Phi) is 4.71. The fourth-order valence-electron chi connectivity index (χ4n) is 3.25. The highest BCUT2D eigenvalue weighted by molar-refractivity contribution is 7.98. The molecule has 26 heavy (non-hydrogen) atoms. The minimum Gasteiger partial charge on any atom is -0.306 e. The molecule has 0 bridgehead atoms. The van der Waals surface area contributed by atoms with Gasteiger partial charge < -0.3 is 4.57 Å². The number of aromatic nitrogens is 5. The molecule has 0 unspecified atom stereocenters. The van der Waals surface area contributed by atoms with Crippen LogP contribution in [0.5, 0.6) is 0 Å². The van der Waals surface area contributed by atoms with E-state index in [0.717, 1.165) is 36.8 Å². The summed E-state index contributed by atoms with van der Waals surface area (Å²) in [5.74, 6) is 2.09. The zero-order chi connectivity index (χ0) is 17.9. The number of nitriles is 1. The van der Waals surface area contributed by atoms with Gasteiger partial charge in [-0.3, -0.25) is 9.36 Å². The quantitative estimate of drug-likeness (QED) is 0.659. The van der Waals surface area contributed by atoms with E-state index in [2.05, 4.69) is 25.8 Å². The molecule has 1 aliphatic rings. The van der Waals surface area contributed by atoms with Crippen LogP contribution in [0.15, 0.2) is 34.2 Å². The molecule has 0 saturated carbocycles. The second-order valence-corrected chi connectivity index (χ2v) is 7.19. The largest absolute Gasteiger partial charge is 0.306 e. The van der Waals surface area contributed by atoms with Crippen LogP contribution in [0.4, 0.5) is 0 Å². The van der Waals surface area contributed by atoms with Crippen molar-refractivity contribution in [1.82, 2.24) is 24.3 Å². The number of rotatable bonds is 4. The summed E-state index contributed by atoms with van der Waals surface area (Å²) < 4.78 is 3.63. The van der Waals surface area contributed by atoms with Gasteiger partial charge in [0.05, 0.1) is 22.7 Å². The number of nitrogens with zero attached hydrogens (tertiary/aromatic N) is 6. The van der Waals surface area contributed by atoms with Crippen LogP contribution >= 0.6 is 11.8 Å². The second-order valence-electron chi connectivity index (χ2n) is 6.24. The van der Waals surface area contributed by atoms with Crippen molar-refractivity contribution in [3.05, 3.63) is 46.3 Å². The van der Waals surface area contributed by atoms with Gasteiger partial charge in [-0.1, -0.05) is 30.3 Å². The molecule has 3 aromatic rings. The molecular formula is C18H18N6OS. The maximum Gasteiger partial charge on any atom is 0.262 e. The van der Waals surface area contributed by atoms with E-state index < -0.39 is 0 Å². The molecular weight excluding hydrogens is 348 g/mol. The first-order valence-electron chi connectivity index (χ1n) is 8.68. The summed E-state index contributed by atoms with van der Waals surface area (Å²) in [5.41, 5.74) is 0.482. The summed E-state index contributed by atoms with van der Waals surface area (Å²) in [6, 6.07) is 9.30. The fraction of sp³-hybridized carbons (Fsp3) is 0.389. The smallest absolute Gasteiger partial charge is 0.262 e. The van der Waals surface area contributed by atoms with E-state index >= 15 is 0 Å². The van der Waals surface area contributed by atoms with Gasteiger partial charge in [0, 0.05) is 13.0 Å². The van der Waals surface area contributed by atoms with Gasteiger partial charge in [0.25, 0.3) is 5.56 Å². The summed E-state index contributed by atoms with van der Waals surface area (Å²) in [5, 5.41) is 19.1. The number of hydrogen-bond donors (Lipinski definition) is 0. The topological polar surface area (TPSA) is 89.4 Å². The van der Waals surface area contributed by atoms with E-state index in [4.69, 9.17) is 5.26 Å². The lowest BCUT2D eigenvalue weighted by atomic mass is 10.2. The van der Waals surface area contributed by atoms with Crippen LogP contribution in [0, 0.1) is 11.3 Å². The van der Waals surface area contributed by atoms with Crippen LogP contribution in [-0.2, 0) is 25.3 Å². The first-order chi connectivity index (χ1) is 12.8. The van der Waals surface area contributed by atoms with Crippen molar-refractivity contribution in [1.29, 1.82) is 5.26 Å². The van der Waals surface area contributed by atoms with Gasteiger partial charge in [0.15, 0.2) is 5.16 Å². The first-order valence-corrected chi connectivity index (χ1v) is 9.67. The third-order valence-corrected chi connectivity index (χ3v) is 5.54. The standard InChI is InChI=1S/C18H18N6OS/c19-9-11-23-16(20-14-7-4-3-6-13(14)17(23)25)12-26-18-22-21-15-8-2-1-5-10-24(15)18/h3-4,6-7H,1-2,5,8,10-12H2. The molecule has 0 fully saturated rings. The zero-order valence-corrected chi connectivity index (χ0v) is 15.1. The van der Waals surface area contributed by atoms with Crippen LogP contribution in [-0.4, -0.2) is 24.3 Å². The summed E-state index contributed by atoms with van der Waals surface area (Å²) in [7, 11) is 0. The van der Waals surface area contributed by atoms with E-state index in [9.17, 15) is 4.79 Å². The number of fused-ring (bicyclic) bond motifs is 2. The number of aryl methyl sites for hydroxylation is 1. The highest BCUT2D eigenvalue weighted by Gasteiger charge is 2.17. The lowest BCUT2D eigenvalue weighted by Crippen LogP contribution is -2.24. The Morgan fingerprint density at radius 3 is 2.96 bits per heavy atom. The molecule has 0 N–H and O–H groups in total. The van der Waals surface area contributed by atoms with Crippen molar-refractivity contribution in [2.45, 2.75) is 49.7 Å². The predicted molar refractivity (Wildman–Crippen MR) is 98.8 cm³/mol. The van der Waals surface area contributed by atoms with Crippen molar-refractivity contribution in [3.63, 3.8) is 0 Å². The molecule has 0 saturated heterocycles. The molecule has 8 heteroatoms. The molecule has 0 atom stereocenters. The van der Waals surface area contributed by atoms with Gasteiger partial charge in [0.2, 0.25) is 0 Å². The molecule has 0 spiro atoms. The van der Waals surface area contributed by atoms with Crippen molar-refractivity contribution >= 4 is 22.7 Å². The Balaban J connectivity index is 1.67. The minimum absolute atomic E-state index is 0.00942. The van der Waals surface area contributed by atoms with Gasteiger partial charge in [-0.05, 0) is 25.0 Å². The molecule has 132 valence electrons. The molecule has 2 aromatic heterocycles. The summed E-state index contributed by atoms with van der Waals surface area (Å²) >= 11 is 1.52. The Bertz CT molecular complexity index is 1050. The van der Waals surface area contributed by atoms with Crippen LogP contribution in [0.1, 0.15) is 30.9 Å². The van der Waals surface area contributed by atoms with E-state index in [1.165, 1.54) is 22.7 Å². The highest BCUT2D eigenvalue weighted by Crippen LogP contribution is 2.24. The SMILES string of the molecule is N#CCn1c(CSc2nnc3n2CCCCC3)nc2ccccc2c1=O.